The van der Waals surface area contributed by atoms with Gasteiger partial charge in [-0.2, -0.15) is 0 Å². The number of nitrogens with one attached hydrogen (secondary N) is 2. The van der Waals surface area contributed by atoms with Crippen molar-refractivity contribution in [2.24, 2.45) is 5.41 Å². The highest BCUT2D eigenvalue weighted by molar-refractivity contribution is 5.75. The van der Waals surface area contributed by atoms with Crippen molar-refractivity contribution in [2.75, 3.05) is 26.2 Å². The number of rotatable bonds is 1. The van der Waals surface area contributed by atoms with Gasteiger partial charge in [-0.25, -0.2) is 4.79 Å². The van der Waals surface area contributed by atoms with Gasteiger partial charge in [0.1, 0.15) is 0 Å². The Morgan fingerprint density at radius 3 is 2.58 bits per heavy atom. The molecule has 1 aliphatic carbocycles. The Balaban J connectivity index is 1.50. The summed E-state index contributed by atoms with van der Waals surface area (Å²) >= 11 is 0. The molecule has 1 spiro atoms. The molecule has 0 aromatic heterocycles. The largest absolute Gasteiger partial charge is 0.335 e. The van der Waals surface area contributed by atoms with E-state index in [-0.39, 0.29) is 6.03 Å². The molecule has 1 saturated carbocycles. The standard InChI is InChI=1S/C15H27N3O/c19-14(17-13-4-2-1-3-5-13)18-11-8-15(12-18)6-9-16-10-7-15/h13,16H,1-12H2,(H,17,19). The van der Waals surface area contributed by atoms with Gasteiger partial charge in [0.15, 0.2) is 0 Å². The molecular weight excluding hydrogens is 238 g/mol. The number of hydrogen-bond acceptors (Lipinski definition) is 2. The molecule has 0 aromatic carbocycles. The fraction of sp³-hybridized carbons (Fsp3) is 0.933. The second kappa shape index (κ2) is 5.70. The van der Waals surface area contributed by atoms with E-state index in [9.17, 15) is 4.79 Å². The van der Waals surface area contributed by atoms with Crippen molar-refractivity contribution in [3.8, 4) is 0 Å². The van der Waals surface area contributed by atoms with Crippen LogP contribution in [0, 0.1) is 5.41 Å². The normalized spacial score (nSPS) is 27.7. The van der Waals surface area contributed by atoms with E-state index in [4.69, 9.17) is 0 Å². The smallest absolute Gasteiger partial charge is 0.317 e. The Morgan fingerprint density at radius 2 is 1.84 bits per heavy atom. The molecule has 3 fully saturated rings. The summed E-state index contributed by atoms with van der Waals surface area (Å²) in [5.74, 6) is 0. The van der Waals surface area contributed by atoms with Gasteiger partial charge in [-0.15, -0.1) is 0 Å². The average molecular weight is 265 g/mol. The van der Waals surface area contributed by atoms with Gasteiger partial charge in [0.05, 0.1) is 0 Å². The molecule has 0 aromatic rings. The molecule has 2 N–H and O–H groups in total. The van der Waals surface area contributed by atoms with Crippen LogP contribution in [0.25, 0.3) is 0 Å². The third-order valence-electron chi connectivity index (χ3n) is 5.32. The summed E-state index contributed by atoms with van der Waals surface area (Å²) in [7, 11) is 0. The third kappa shape index (κ3) is 3.04. The molecule has 2 aliphatic heterocycles. The van der Waals surface area contributed by atoms with Crippen LogP contribution in [0.5, 0.6) is 0 Å². The van der Waals surface area contributed by atoms with Gasteiger partial charge < -0.3 is 15.5 Å². The number of carbonyl (C=O) groups excluding carboxylic acids is 1. The first-order chi connectivity index (χ1) is 9.27. The van der Waals surface area contributed by atoms with Gasteiger partial charge in [-0.3, -0.25) is 0 Å². The number of hydrogen-bond donors (Lipinski definition) is 2. The van der Waals surface area contributed by atoms with Crippen molar-refractivity contribution in [1.29, 1.82) is 0 Å². The lowest BCUT2D eigenvalue weighted by Gasteiger charge is -2.34. The van der Waals surface area contributed by atoms with Crippen molar-refractivity contribution < 1.29 is 4.79 Å². The van der Waals surface area contributed by atoms with Gasteiger partial charge in [-0.05, 0) is 50.6 Å². The van der Waals surface area contributed by atoms with Crippen LogP contribution in [0.1, 0.15) is 51.4 Å². The Bertz CT molecular complexity index is 319. The van der Waals surface area contributed by atoms with E-state index >= 15 is 0 Å². The molecule has 2 heterocycles. The molecule has 0 bridgehead atoms. The summed E-state index contributed by atoms with van der Waals surface area (Å²) in [6, 6.07) is 0.633. The van der Waals surface area contributed by atoms with Crippen LogP contribution in [0.3, 0.4) is 0 Å². The number of carbonyl (C=O) groups is 1. The van der Waals surface area contributed by atoms with E-state index in [0.717, 1.165) is 26.2 Å². The topological polar surface area (TPSA) is 44.4 Å². The van der Waals surface area contributed by atoms with Gasteiger partial charge in [0.25, 0.3) is 0 Å². The van der Waals surface area contributed by atoms with Crippen molar-refractivity contribution in [3.05, 3.63) is 0 Å². The highest BCUT2D eigenvalue weighted by Crippen LogP contribution is 2.38. The van der Waals surface area contributed by atoms with Gasteiger partial charge in [-0.1, -0.05) is 19.3 Å². The van der Waals surface area contributed by atoms with E-state index in [1.807, 2.05) is 0 Å². The monoisotopic (exact) mass is 265 g/mol. The molecule has 2 amide bonds. The highest BCUT2D eigenvalue weighted by atomic mass is 16.2. The minimum absolute atomic E-state index is 0.197. The van der Waals surface area contributed by atoms with Gasteiger partial charge in [0, 0.05) is 19.1 Å². The first-order valence-corrected chi connectivity index (χ1v) is 8.04. The van der Waals surface area contributed by atoms with Gasteiger partial charge in [0.2, 0.25) is 0 Å². The molecule has 3 rings (SSSR count). The maximum absolute atomic E-state index is 12.3. The molecule has 0 radical (unpaired) electrons. The summed E-state index contributed by atoms with van der Waals surface area (Å²) in [5.41, 5.74) is 0.426. The number of likely N-dealkylation sites (tertiary alicyclic amines) is 1. The summed E-state index contributed by atoms with van der Waals surface area (Å²) in [6.45, 7) is 4.18. The SMILES string of the molecule is O=C(NC1CCCCC1)N1CCC2(CCNCC2)C1. The van der Waals surface area contributed by atoms with Crippen molar-refractivity contribution >= 4 is 6.03 Å². The molecule has 3 aliphatic rings. The minimum Gasteiger partial charge on any atom is -0.335 e. The van der Waals surface area contributed by atoms with Crippen LogP contribution in [-0.2, 0) is 0 Å². The Morgan fingerprint density at radius 1 is 1.11 bits per heavy atom. The number of amides is 2. The highest BCUT2D eigenvalue weighted by Gasteiger charge is 2.40. The Labute approximate surface area is 116 Å². The predicted octanol–water partition coefficient (Wildman–Crippen LogP) is 2.10. The van der Waals surface area contributed by atoms with Crippen molar-refractivity contribution in [2.45, 2.75) is 57.4 Å². The maximum atomic E-state index is 12.3. The Kier molecular flexibility index (Phi) is 3.96. The number of urea groups is 1. The fourth-order valence-electron chi connectivity index (χ4n) is 3.99. The van der Waals surface area contributed by atoms with Crippen LogP contribution in [0.2, 0.25) is 0 Å². The second-order valence-corrected chi connectivity index (χ2v) is 6.71. The summed E-state index contributed by atoms with van der Waals surface area (Å²) in [5, 5.41) is 6.68. The van der Waals surface area contributed by atoms with Crippen LogP contribution < -0.4 is 10.6 Å². The summed E-state index contributed by atoms with van der Waals surface area (Å²) in [4.78, 5) is 14.4. The van der Waals surface area contributed by atoms with E-state index in [2.05, 4.69) is 15.5 Å². The molecule has 108 valence electrons. The van der Waals surface area contributed by atoms with Crippen LogP contribution >= 0.6 is 0 Å². The molecule has 0 atom stereocenters. The van der Waals surface area contributed by atoms with E-state index in [0.29, 0.717) is 11.5 Å². The lowest BCUT2D eigenvalue weighted by atomic mass is 9.78. The predicted molar refractivity (Wildman–Crippen MR) is 76.1 cm³/mol. The molecular formula is C15H27N3O. The Hall–Kier alpha value is -0.770. The minimum atomic E-state index is 0.197. The first-order valence-electron chi connectivity index (χ1n) is 8.04. The summed E-state index contributed by atoms with van der Waals surface area (Å²) < 4.78 is 0. The zero-order valence-electron chi connectivity index (χ0n) is 11.9. The number of piperidine rings is 1. The van der Waals surface area contributed by atoms with E-state index in [1.165, 1.54) is 51.4 Å². The number of nitrogens with zero attached hydrogens (tertiary/aromatic N) is 1. The van der Waals surface area contributed by atoms with Crippen LogP contribution in [0.15, 0.2) is 0 Å². The average Bonchev–Trinajstić information content (AvgIpc) is 2.85. The first kappa shape index (κ1) is 13.2. The third-order valence-corrected chi connectivity index (χ3v) is 5.32. The zero-order chi connectivity index (χ0) is 13.1. The van der Waals surface area contributed by atoms with E-state index < -0.39 is 0 Å². The quantitative estimate of drug-likeness (QED) is 0.762. The lowest BCUT2D eigenvalue weighted by molar-refractivity contribution is 0.178. The molecule has 0 unspecified atom stereocenters. The maximum Gasteiger partial charge on any atom is 0.317 e. The summed E-state index contributed by atoms with van der Waals surface area (Å²) in [6.07, 6.45) is 9.92. The molecule has 4 heteroatoms. The second-order valence-electron chi connectivity index (χ2n) is 6.71. The van der Waals surface area contributed by atoms with Gasteiger partial charge >= 0.3 is 6.03 Å². The van der Waals surface area contributed by atoms with Crippen LogP contribution in [0.4, 0.5) is 4.79 Å². The fourth-order valence-corrected chi connectivity index (χ4v) is 3.99. The molecule has 4 nitrogen and oxygen atoms in total. The van der Waals surface area contributed by atoms with Crippen molar-refractivity contribution in [3.63, 3.8) is 0 Å². The molecule has 19 heavy (non-hydrogen) atoms. The zero-order valence-corrected chi connectivity index (χ0v) is 11.9. The lowest BCUT2D eigenvalue weighted by Crippen LogP contribution is -2.46. The van der Waals surface area contributed by atoms with E-state index in [1.54, 1.807) is 0 Å². The van der Waals surface area contributed by atoms with Crippen molar-refractivity contribution in [1.82, 2.24) is 15.5 Å². The van der Waals surface area contributed by atoms with Crippen LogP contribution in [-0.4, -0.2) is 43.2 Å². The molecule has 2 saturated heterocycles.